The maximum Gasteiger partial charge on any atom is 0.498 e. The number of rotatable bonds is 1. The van der Waals surface area contributed by atoms with Crippen LogP contribution in [-0.4, -0.2) is 23.3 Å². The van der Waals surface area contributed by atoms with Crippen LogP contribution in [0.3, 0.4) is 0 Å². The topological polar surface area (TPSA) is 34.2 Å². The zero-order valence-corrected chi connectivity index (χ0v) is 12.6. The van der Waals surface area contributed by atoms with Gasteiger partial charge in [0.2, 0.25) is 0 Å². The third-order valence-electron chi connectivity index (χ3n) is 4.28. The molecule has 0 bridgehead atoms. The Morgan fingerprint density at radius 1 is 1.20 bits per heavy atom. The average Bonchev–Trinajstić information content (AvgIpc) is 2.83. The number of fused-ring (bicyclic) bond motifs is 1. The Balaban J connectivity index is 2.15. The van der Waals surface area contributed by atoms with Gasteiger partial charge in [-0.05, 0) is 39.8 Å². The van der Waals surface area contributed by atoms with Gasteiger partial charge in [-0.25, -0.2) is 4.39 Å². The fraction of sp³-hybridized carbons (Fsp3) is 0.429. The highest BCUT2D eigenvalue weighted by molar-refractivity contribution is 6.65. The average molecular weight is 296 g/mol. The van der Waals surface area contributed by atoms with E-state index >= 15 is 0 Å². The lowest BCUT2D eigenvalue weighted by atomic mass is 9.76. The lowest BCUT2D eigenvalue weighted by Gasteiger charge is -2.32. The molecule has 0 spiro atoms. The maximum atomic E-state index is 14.4. The van der Waals surface area contributed by atoms with Crippen LogP contribution < -0.4 is 5.46 Å². The predicted molar refractivity (Wildman–Crippen MR) is 79.0 cm³/mol. The summed E-state index contributed by atoms with van der Waals surface area (Å²) in [4.78, 5) is 3.01. The fourth-order valence-electron chi connectivity index (χ4n) is 2.38. The van der Waals surface area contributed by atoms with Gasteiger partial charge in [-0.2, -0.15) is 0 Å². The summed E-state index contributed by atoms with van der Waals surface area (Å²) in [5.41, 5.74) is 0.0701. The molecular formula is C14H16BClFNO2. The smallest absolute Gasteiger partial charge is 0.399 e. The summed E-state index contributed by atoms with van der Waals surface area (Å²) in [6, 6.07) is 3.07. The van der Waals surface area contributed by atoms with Gasteiger partial charge >= 0.3 is 7.12 Å². The van der Waals surface area contributed by atoms with Crippen LogP contribution in [0.5, 0.6) is 0 Å². The van der Waals surface area contributed by atoms with E-state index in [-0.39, 0.29) is 0 Å². The van der Waals surface area contributed by atoms with Gasteiger partial charge in [-0.3, -0.25) is 0 Å². The highest BCUT2D eigenvalue weighted by atomic mass is 35.5. The van der Waals surface area contributed by atoms with Crippen LogP contribution in [0.4, 0.5) is 4.39 Å². The van der Waals surface area contributed by atoms with E-state index in [9.17, 15) is 4.39 Å². The van der Waals surface area contributed by atoms with Crippen molar-refractivity contribution in [2.45, 2.75) is 38.9 Å². The molecule has 1 aromatic heterocycles. The summed E-state index contributed by atoms with van der Waals surface area (Å²) >= 11 is 6.04. The van der Waals surface area contributed by atoms with Gasteiger partial charge in [0, 0.05) is 17.0 Å². The molecule has 3 rings (SSSR count). The summed E-state index contributed by atoms with van der Waals surface area (Å²) in [5, 5.41) is 1.04. The van der Waals surface area contributed by atoms with Crippen LogP contribution in [0.2, 0.25) is 5.02 Å². The molecule has 1 N–H and O–H groups in total. The van der Waals surface area contributed by atoms with E-state index in [4.69, 9.17) is 20.9 Å². The predicted octanol–water partition coefficient (Wildman–Crippen LogP) is 3.26. The monoisotopic (exact) mass is 295 g/mol. The molecule has 2 heterocycles. The molecule has 6 heteroatoms. The van der Waals surface area contributed by atoms with Crippen molar-refractivity contribution in [3.8, 4) is 0 Å². The van der Waals surface area contributed by atoms with Crippen molar-refractivity contribution in [2.24, 2.45) is 0 Å². The molecule has 1 aliphatic heterocycles. The standard InChI is InChI=1S/C14H16BClFNO2/c1-13(2)14(3,4)20-15(19-13)11-8-5-6-18-12(8)9(16)7-10(11)17/h5-7,18H,1-4H3. The molecule has 0 saturated carbocycles. The van der Waals surface area contributed by atoms with Gasteiger partial charge in [0.15, 0.2) is 0 Å². The van der Waals surface area contributed by atoms with Crippen LogP contribution in [0.25, 0.3) is 10.9 Å². The van der Waals surface area contributed by atoms with Gasteiger partial charge < -0.3 is 14.3 Å². The SMILES string of the molecule is CC1(C)OB(c2c(F)cc(Cl)c3[nH]ccc23)OC1(C)C. The van der Waals surface area contributed by atoms with Gasteiger partial charge in [0.05, 0.1) is 21.7 Å². The molecule has 0 radical (unpaired) electrons. The molecule has 1 aromatic carbocycles. The van der Waals surface area contributed by atoms with Crippen LogP contribution >= 0.6 is 11.6 Å². The van der Waals surface area contributed by atoms with E-state index in [0.717, 1.165) is 0 Å². The van der Waals surface area contributed by atoms with Crippen molar-refractivity contribution in [1.29, 1.82) is 0 Å². The first-order valence-electron chi connectivity index (χ1n) is 6.53. The number of aromatic nitrogens is 1. The Labute approximate surface area is 122 Å². The number of nitrogens with one attached hydrogen (secondary N) is 1. The van der Waals surface area contributed by atoms with E-state index in [2.05, 4.69) is 4.98 Å². The molecule has 0 atom stereocenters. The molecule has 1 saturated heterocycles. The Morgan fingerprint density at radius 2 is 1.80 bits per heavy atom. The first kappa shape index (κ1) is 13.9. The summed E-state index contributed by atoms with van der Waals surface area (Å²) in [5.74, 6) is -0.416. The Hall–Kier alpha value is -1.04. The van der Waals surface area contributed by atoms with Crippen LogP contribution in [0.15, 0.2) is 18.3 Å². The van der Waals surface area contributed by atoms with Crippen molar-refractivity contribution < 1.29 is 13.7 Å². The van der Waals surface area contributed by atoms with Crippen molar-refractivity contribution in [3.63, 3.8) is 0 Å². The highest BCUT2D eigenvalue weighted by Crippen LogP contribution is 2.37. The summed E-state index contributed by atoms with van der Waals surface area (Å²) in [6.45, 7) is 7.76. The van der Waals surface area contributed by atoms with Gasteiger partial charge in [0.1, 0.15) is 5.82 Å². The summed E-state index contributed by atoms with van der Waals surface area (Å²) in [7, 11) is -0.740. The first-order chi connectivity index (χ1) is 9.23. The second-order valence-corrected chi connectivity index (χ2v) is 6.52. The minimum absolute atomic E-state index is 0.350. The van der Waals surface area contributed by atoms with Gasteiger partial charge in [-0.1, -0.05) is 11.6 Å². The molecule has 1 aliphatic rings. The Kier molecular flexibility index (Phi) is 2.94. The minimum Gasteiger partial charge on any atom is -0.399 e. The second kappa shape index (κ2) is 4.23. The van der Waals surface area contributed by atoms with E-state index in [1.807, 2.05) is 27.7 Å². The lowest BCUT2D eigenvalue weighted by molar-refractivity contribution is 0.00578. The molecular weight excluding hydrogens is 279 g/mol. The number of H-pyrrole nitrogens is 1. The van der Waals surface area contributed by atoms with E-state index < -0.39 is 24.1 Å². The molecule has 106 valence electrons. The van der Waals surface area contributed by atoms with Crippen molar-refractivity contribution in [2.75, 3.05) is 0 Å². The van der Waals surface area contributed by atoms with Gasteiger partial charge in [-0.15, -0.1) is 0 Å². The zero-order chi connectivity index (χ0) is 14.7. The van der Waals surface area contributed by atoms with Crippen LogP contribution in [-0.2, 0) is 9.31 Å². The molecule has 2 aromatic rings. The second-order valence-electron chi connectivity index (χ2n) is 6.11. The Bertz CT molecular complexity index is 667. The molecule has 3 nitrogen and oxygen atoms in total. The van der Waals surface area contributed by atoms with Crippen LogP contribution in [0.1, 0.15) is 27.7 Å². The number of aromatic amines is 1. The number of hydrogen-bond acceptors (Lipinski definition) is 2. The molecule has 20 heavy (non-hydrogen) atoms. The van der Waals surface area contributed by atoms with Crippen molar-refractivity contribution in [1.82, 2.24) is 4.98 Å². The van der Waals surface area contributed by atoms with Crippen molar-refractivity contribution >= 4 is 35.1 Å². The number of hydrogen-bond donors (Lipinski definition) is 1. The normalized spacial score (nSPS) is 20.8. The third kappa shape index (κ3) is 1.88. The first-order valence-corrected chi connectivity index (χ1v) is 6.91. The van der Waals surface area contributed by atoms with Crippen molar-refractivity contribution in [3.05, 3.63) is 29.2 Å². The molecule has 0 amide bonds. The maximum absolute atomic E-state index is 14.4. The lowest BCUT2D eigenvalue weighted by Crippen LogP contribution is -2.41. The van der Waals surface area contributed by atoms with E-state index in [0.29, 0.717) is 21.4 Å². The van der Waals surface area contributed by atoms with E-state index in [1.54, 1.807) is 12.3 Å². The quantitative estimate of drug-likeness (QED) is 0.819. The number of halogens is 2. The molecule has 0 aliphatic carbocycles. The fourth-order valence-corrected chi connectivity index (χ4v) is 2.63. The summed E-state index contributed by atoms with van der Waals surface area (Å²) < 4.78 is 26.2. The largest absolute Gasteiger partial charge is 0.498 e. The van der Waals surface area contributed by atoms with Crippen LogP contribution in [0, 0.1) is 5.82 Å². The van der Waals surface area contributed by atoms with E-state index in [1.165, 1.54) is 6.07 Å². The molecule has 1 fully saturated rings. The highest BCUT2D eigenvalue weighted by Gasteiger charge is 2.53. The zero-order valence-electron chi connectivity index (χ0n) is 11.9. The molecule has 0 unspecified atom stereocenters. The third-order valence-corrected chi connectivity index (χ3v) is 4.57. The summed E-state index contributed by atoms with van der Waals surface area (Å²) in [6.07, 6.45) is 1.73. The minimum atomic E-state index is -0.740. The number of benzene rings is 1. The Morgan fingerprint density at radius 3 is 2.40 bits per heavy atom. The van der Waals surface area contributed by atoms with Gasteiger partial charge in [0.25, 0.3) is 0 Å².